The minimum atomic E-state index is -4.71. The van der Waals surface area contributed by atoms with Gasteiger partial charge in [0.1, 0.15) is 5.57 Å². The monoisotopic (exact) mass is 472 g/mol. The van der Waals surface area contributed by atoms with Crippen molar-refractivity contribution in [2.24, 2.45) is 0 Å². The molecule has 0 aromatic heterocycles. The summed E-state index contributed by atoms with van der Waals surface area (Å²) in [5, 5.41) is 1.68. The van der Waals surface area contributed by atoms with Crippen molar-refractivity contribution >= 4 is 57.1 Å². The minimum Gasteiger partial charge on any atom is -0.273 e. The van der Waals surface area contributed by atoms with E-state index in [0.29, 0.717) is 16.5 Å². The van der Waals surface area contributed by atoms with E-state index in [1.165, 1.54) is 6.08 Å². The largest absolute Gasteiger partial charge is 0.416 e. The summed E-state index contributed by atoms with van der Waals surface area (Å²) in [6, 6.07) is 7.59. The third-order valence-corrected chi connectivity index (χ3v) is 4.65. The van der Waals surface area contributed by atoms with E-state index in [1.807, 2.05) is 5.32 Å². The number of carbonyl (C=O) groups is 3. The Kier molecular flexibility index (Phi) is 5.31. The van der Waals surface area contributed by atoms with Crippen molar-refractivity contribution in [2.45, 2.75) is 6.18 Å². The third-order valence-electron chi connectivity index (χ3n) is 3.80. The summed E-state index contributed by atoms with van der Waals surface area (Å²) in [6.07, 6.45) is -3.48. The van der Waals surface area contributed by atoms with E-state index < -0.39 is 40.8 Å². The number of amides is 4. The molecule has 0 spiro atoms. The maximum absolute atomic E-state index is 13.0. The molecule has 1 fully saturated rings. The quantitative estimate of drug-likeness (QED) is 0.504. The first kappa shape index (κ1) is 20.1. The number of alkyl halides is 3. The molecule has 0 unspecified atom stereocenters. The zero-order valence-electron chi connectivity index (χ0n) is 13.7. The molecule has 1 heterocycles. The number of halogens is 5. The standard InChI is InChI=1S/C18H9BrClF3N2O3/c19-11-4-1-9(2-5-11)7-12-15(26)24-17(28)25(16(12)27)14-8-10(18(21,22)23)3-6-13(14)20/h1-8H,(H,24,26,28)/b12-7+. The van der Waals surface area contributed by atoms with Gasteiger partial charge in [-0.3, -0.25) is 14.9 Å². The van der Waals surface area contributed by atoms with Crippen LogP contribution in [0.25, 0.3) is 6.08 Å². The highest BCUT2D eigenvalue weighted by atomic mass is 79.9. The van der Waals surface area contributed by atoms with Crippen LogP contribution in [0.15, 0.2) is 52.5 Å². The molecule has 0 radical (unpaired) electrons. The molecular formula is C18H9BrClF3N2O3. The van der Waals surface area contributed by atoms with Crippen LogP contribution in [0.2, 0.25) is 5.02 Å². The Morgan fingerprint density at radius 3 is 2.29 bits per heavy atom. The zero-order valence-corrected chi connectivity index (χ0v) is 16.0. The molecular weight excluding hydrogens is 465 g/mol. The van der Waals surface area contributed by atoms with Gasteiger partial charge in [-0.25, -0.2) is 9.69 Å². The van der Waals surface area contributed by atoms with Gasteiger partial charge in [0.25, 0.3) is 11.8 Å². The lowest BCUT2D eigenvalue weighted by molar-refractivity contribution is -0.137. The van der Waals surface area contributed by atoms with E-state index in [-0.39, 0.29) is 5.02 Å². The number of barbiturate groups is 1. The SMILES string of the molecule is O=C1NC(=O)N(c2cc(C(F)(F)F)ccc2Cl)C(=O)/C1=C/c1ccc(Br)cc1. The number of nitrogens with zero attached hydrogens (tertiary/aromatic N) is 1. The average molecular weight is 474 g/mol. The molecule has 0 saturated carbocycles. The van der Waals surface area contributed by atoms with Crippen LogP contribution in [0, 0.1) is 0 Å². The molecule has 3 rings (SSSR count). The molecule has 5 nitrogen and oxygen atoms in total. The molecule has 1 aliphatic heterocycles. The molecule has 2 aromatic carbocycles. The number of nitrogens with one attached hydrogen (secondary N) is 1. The van der Waals surface area contributed by atoms with Crippen molar-refractivity contribution in [3.63, 3.8) is 0 Å². The summed E-state index contributed by atoms with van der Waals surface area (Å²) in [5.74, 6) is -2.05. The minimum absolute atomic E-state index is 0.256. The number of imide groups is 2. The van der Waals surface area contributed by atoms with Crippen molar-refractivity contribution in [1.82, 2.24) is 5.32 Å². The summed E-state index contributed by atoms with van der Waals surface area (Å²) < 4.78 is 39.8. The van der Waals surface area contributed by atoms with Gasteiger partial charge in [0.05, 0.1) is 16.3 Å². The van der Waals surface area contributed by atoms with Gasteiger partial charge in [-0.2, -0.15) is 13.2 Å². The van der Waals surface area contributed by atoms with Crippen LogP contribution >= 0.6 is 27.5 Å². The Bertz CT molecular complexity index is 1020. The smallest absolute Gasteiger partial charge is 0.273 e. The summed E-state index contributed by atoms with van der Waals surface area (Å²) in [5.41, 5.74) is -1.52. The first-order valence-corrected chi connectivity index (χ1v) is 8.79. The molecule has 144 valence electrons. The van der Waals surface area contributed by atoms with Crippen LogP contribution in [0.3, 0.4) is 0 Å². The first-order valence-electron chi connectivity index (χ1n) is 7.61. The molecule has 1 aliphatic rings. The molecule has 1 N–H and O–H groups in total. The molecule has 28 heavy (non-hydrogen) atoms. The number of urea groups is 1. The van der Waals surface area contributed by atoms with Crippen LogP contribution in [-0.4, -0.2) is 17.8 Å². The summed E-state index contributed by atoms with van der Waals surface area (Å²) in [4.78, 5) is 37.4. The summed E-state index contributed by atoms with van der Waals surface area (Å²) >= 11 is 9.17. The Morgan fingerprint density at radius 2 is 1.68 bits per heavy atom. The Balaban J connectivity index is 2.07. The zero-order chi connectivity index (χ0) is 20.6. The van der Waals surface area contributed by atoms with Gasteiger partial charge >= 0.3 is 12.2 Å². The van der Waals surface area contributed by atoms with Crippen LogP contribution in [0.5, 0.6) is 0 Å². The van der Waals surface area contributed by atoms with Gasteiger partial charge in [0.2, 0.25) is 0 Å². The Labute approximate surface area is 169 Å². The number of hydrogen-bond acceptors (Lipinski definition) is 3. The van der Waals surface area contributed by atoms with Crippen LogP contribution < -0.4 is 10.2 Å². The van der Waals surface area contributed by atoms with E-state index >= 15 is 0 Å². The lowest BCUT2D eigenvalue weighted by atomic mass is 10.1. The fourth-order valence-electron chi connectivity index (χ4n) is 2.46. The average Bonchev–Trinajstić information content (AvgIpc) is 2.60. The second-order valence-electron chi connectivity index (χ2n) is 5.67. The molecule has 1 saturated heterocycles. The molecule has 2 aromatic rings. The topological polar surface area (TPSA) is 66.5 Å². The van der Waals surface area contributed by atoms with E-state index in [9.17, 15) is 27.6 Å². The molecule has 0 aliphatic carbocycles. The lowest BCUT2D eigenvalue weighted by Crippen LogP contribution is -2.54. The van der Waals surface area contributed by atoms with Crippen molar-refractivity contribution < 1.29 is 27.6 Å². The highest BCUT2D eigenvalue weighted by Crippen LogP contribution is 2.36. The van der Waals surface area contributed by atoms with Crippen LogP contribution in [0.1, 0.15) is 11.1 Å². The number of carbonyl (C=O) groups excluding carboxylic acids is 3. The van der Waals surface area contributed by atoms with Crippen LogP contribution in [-0.2, 0) is 15.8 Å². The second kappa shape index (κ2) is 7.40. The van der Waals surface area contributed by atoms with Gasteiger partial charge in [-0.15, -0.1) is 0 Å². The van der Waals surface area contributed by atoms with Crippen molar-refractivity contribution in [3.8, 4) is 0 Å². The normalized spacial score (nSPS) is 16.5. The molecule has 10 heteroatoms. The number of benzene rings is 2. The van der Waals surface area contributed by atoms with Gasteiger partial charge in [-0.05, 0) is 42.0 Å². The van der Waals surface area contributed by atoms with Gasteiger partial charge in [0, 0.05) is 4.47 Å². The number of rotatable bonds is 2. The predicted molar refractivity (Wildman–Crippen MR) is 99.6 cm³/mol. The molecule has 0 atom stereocenters. The molecule has 4 amide bonds. The second-order valence-corrected chi connectivity index (χ2v) is 7.00. The predicted octanol–water partition coefficient (Wildman–Crippen LogP) is 4.79. The third kappa shape index (κ3) is 3.95. The number of hydrogen-bond donors (Lipinski definition) is 1. The van der Waals surface area contributed by atoms with Crippen LogP contribution in [0.4, 0.5) is 23.7 Å². The first-order chi connectivity index (χ1) is 13.1. The van der Waals surface area contributed by atoms with Crippen molar-refractivity contribution in [3.05, 3.63) is 68.7 Å². The van der Waals surface area contributed by atoms with Crippen molar-refractivity contribution in [2.75, 3.05) is 4.90 Å². The van der Waals surface area contributed by atoms with E-state index in [1.54, 1.807) is 24.3 Å². The number of anilines is 1. The Hall–Kier alpha value is -2.65. The maximum Gasteiger partial charge on any atom is 0.416 e. The van der Waals surface area contributed by atoms with E-state index in [4.69, 9.17) is 11.6 Å². The fraction of sp³-hybridized carbons (Fsp3) is 0.0556. The fourth-order valence-corrected chi connectivity index (χ4v) is 2.93. The van der Waals surface area contributed by atoms with E-state index in [2.05, 4.69) is 15.9 Å². The van der Waals surface area contributed by atoms with Crippen molar-refractivity contribution in [1.29, 1.82) is 0 Å². The van der Waals surface area contributed by atoms with Gasteiger partial charge in [-0.1, -0.05) is 39.7 Å². The lowest BCUT2D eigenvalue weighted by Gasteiger charge is -2.27. The Morgan fingerprint density at radius 1 is 1.04 bits per heavy atom. The van der Waals surface area contributed by atoms with Gasteiger partial charge < -0.3 is 0 Å². The highest BCUT2D eigenvalue weighted by molar-refractivity contribution is 9.10. The molecule has 0 bridgehead atoms. The van der Waals surface area contributed by atoms with E-state index in [0.717, 1.165) is 16.6 Å². The summed E-state index contributed by atoms with van der Waals surface area (Å²) in [6.45, 7) is 0. The van der Waals surface area contributed by atoms with Gasteiger partial charge in [0.15, 0.2) is 0 Å². The highest BCUT2D eigenvalue weighted by Gasteiger charge is 2.39. The maximum atomic E-state index is 13.0. The summed E-state index contributed by atoms with van der Waals surface area (Å²) in [7, 11) is 0.